The van der Waals surface area contributed by atoms with E-state index in [4.69, 9.17) is 9.47 Å². The molecule has 1 aromatic carbocycles. The fourth-order valence-electron chi connectivity index (χ4n) is 1.76. The molecule has 0 heterocycles. The van der Waals surface area contributed by atoms with Gasteiger partial charge in [-0.2, -0.15) is 0 Å². The van der Waals surface area contributed by atoms with Gasteiger partial charge in [-0.3, -0.25) is 4.79 Å². The zero-order valence-electron chi connectivity index (χ0n) is 12.9. The maximum atomic E-state index is 11.8. The van der Waals surface area contributed by atoms with Gasteiger partial charge in [0.15, 0.2) is 11.5 Å². The molecule has 0 atom stereocenters. The van der Waals surface area contributed by atoms with E-state index >= 15 is 0 Å². The van der Waals surface area contributed by atoms with Gasteiger partial charge in [0, 0.05) is 13.5 Å². The van der Waals surface area contributed by atoms with E-state index < -0.39 is 0 Å². The summed E-state index contributed by atoms with van der Waals surface area (Å²) in [5.41, 5.74) is 0. The highest BCUT2D eigenvalue weighted by Gasteiger charge is 2.09. The molecule has 0 fully saturated rings. The van der Waals surface area contributed by atoms with E-state index in [2.05, 4.69) is 5.32 Å². The molecule has 1 amide bonds. The lowest BCUT2D eigenvalue weighted by Gasteiger charge is -2.18. The first kappa shape index (κ1) is 19.5. The van der Waals surface area contributed by atoms with E-state index in [0.717, 1.165) is 13.0 Å². The molecule has 5 nitrogen and oxygen atoms in total. The molecule has 0 radical (unpaired) electrons. The van der Waals surface area contributed by atoms with E-state index in [9.17, 15) is 4.79 Å². The van der Waals surface area contributed by atoms with Gasteiger partial charge in [-0.15, -0.1) is 12.4 Å². The Morgan fingerprint density at radius 3 is 2.57 bits per heavy atom. The van der Waals surface area contributed by atoms with Crippen LogP contribution in [0, 0.1) is 0 Å². The molecule has 0 aliphatic carbocycles. The Morgan fingerprint density at radius 2 is 1.95 bits per heavy atom. The smallest absolute Gasteiger partial charge is 0.222 e. The number of likely N-dealkylation sites (N-methyl/N-ethyl adjacent to an activating group) is 1. The van der Waals surface area contributed by atoms with Crippen LogP contribution in [0.15, 0.2) is 24.3 Å². The molecule has 0 saturated carbocycles. The number of methoxy groups -OCH3 is 1. The average molecular weight is 317 g/mol. The molecule has 0 spiro atoms. The van der Waals surface area contributed by atoms with Gasteiger partial charge in [0.25, 0.3) is 0 Å². The fraction of sp³-hybridized carbons (Fsp3) is 0.533. The summed E-state index contributed by atoms with van der Waals surface area (Å²) in [5.74, 6) is 1.55. The molecular formula is C15H25ClN2O3. The SMILES string of the molecule is CNCCCC(=O)N(C)CCOc1ccccc1OC.Cl. The van der Waals surface area contributed by atoms with Crippen LogP contribution in [-0.4, -0.2) is 51.7 Å². The lowest BCUT2D eigenvalue weighted by Crippen LogP contribution is -2.31. The molecule has 120 valence electrons. The van der Waals surface area contributed by atoms with Crippen molar-refractivity contribution in [1.29, 1.82) is 0 Å². The van der Waals surface area contributed by atoms with E-state index in [1.165, 1.54) is 0 Å². The number of carbonyl (C=O) groups is 1. The van der Waals surface area contributed by atoms with E-state index in [0.29, 0.717) is 31.1 Å². The molecule has 1 rings (SSSR count). The molecule has 0 bridgehead atoms. The Bertz CT molecular complexity index is 416. The van der Waals surface area contributed by atoms with E-state index in [1.807, 2.05) is 31.3 Å². The number of benzene rings is 1. The standard InChI is InChI=1S/C15H24N2O3.ClH/c1-16-10-6-9-15(18)17(2)11-12-20-14-8-5-4-7-13(14)19-3;/h4-5,7-8,16H,6,9-12H2,1-3H3;1H. The van der Waals surface area contributed by atoms with Gasteiger partial charge >= 0.3 is 0 Å². The molecule has 0 aliphatic rings. The molecule has 6 heteroatoms. The van der Waals surface area contributed by atoms with Crippen molar-refractivity contribution in [3.05, 3.63) is 24.3 Å². The van der Waals surface area contributed by atoms with Crippen molar-refractivity contribution in [2.75, 3.05) is 40.9 Å². The topological polar surface area (TPSA) is 50.8 Å². The molecule has 0 aromatic heterocycles. The number of hydrogen-bond donors (Lipinski definition) is 1. The summed E-state index contributed by atoms with van der Waals surface area (Å²) in [6, 6.07) is 7.49. The summed E-state index contributed by atoms with van der Waals surface area (Å²) in [7, 11) is 5.29. The number of nitrogens with one attached hydrogen (secondary N) is 1. The Morgan fingerprint density at radius 1 is 1.29 bits per heavy atom. The van der Waals surface area contributed by atoms with Crippen LogP contribution in [0.4, 0.5) is 0 Å². The number of para-hydroxylation sites is 2. The highest BCUT2D eigenvalue weighted by Crippen LogP contribution is 2.25. The van der Waals surface area contributed by atoms with Crippen LogP contribution in [0.25, 0.3) is 0 Å². The lowest BCUT2D eigenvalue weighted by molar-refractivity contribution is -0.130. The zero-order chi connectivity index (χ0) is 14.8. The molecule has 1 N–H and O–H groups in total. The molecule has 21 heavy (non-hydrogen) atoms. The minimum atomic E-state index is 0. The van der Waals surface area contributed by atoms with Crippen molar-refractivity contribution >= 4 is 18.3 Å². The second-order valence-corrected chi connectivity index (χ2v) is 4.52. The first-order valence-corrected chi connectivity index (χ1v) is 6.83. The third-order valence-corrected chi connectivity index (χ3v) is 3.00. The first-order valence-electron chi connectivity index (χ1n) is 6.83. The summed E-state index contributed by atoms with van der Waals surface area (Å²) in [4.78, 5) is 13.5. The van der Waals surface area contributed by atoms with Crippen LogP contribution in [-0.2, 0) is 4.79 Å². The van der Waals surface area contributed by atoms with Crippen molar-refractivity contribution in [2.24, 2.45) is 0 Å². The van der Waals surface area contributed by atoms with Crippen LogP contribution in [0.1, 0.15) is 12.8 Å². The largest absolute Gasteiger partial charge is 0.493 e. The van der Waals surface area contributed by atoms with Gasteiger partial charge in [0.2, 0.25) is 5.91 Å². The third-order valence-electron chi connectivity index (χ3n) is 3.00. The van der Waals surface area contributed by atoms with Crippen molar-refractivity contribution in [3.8, 4) is 11.5 Å². The highest BCUT2D eigenvalue weighted by molar-refractivity contribution is 5.85. The quantitative estimate of drug-likeness (QED) is 0.708. The molecule has 0 saturated heterocycles. The Balaban J connectivity index is 0.00000400. The van der Waals surface area contributed by atoms with Crippen LogP contribution < -0.4 is 14.8 Å². The zero-order valence-corrected chi connectivity index (χ0v) is 13.7. The third kappa shape index (κ3) is 7.20. The van der Waals surface area contributed by atoms with Crippen molar-refractivity contribution < 1.29 is 14.3 Å². The Kier molecular flexibility index (Phi) is 10.4. The van der Waals surface area contributed by atoms with Crippen LogP contribution >= 0.6 is 12.4 Å². The fourth-order valence-corrected chi connectivity index (χ4v) is 1.76. The van der Waals surface area contributed by atoms with Gasteiger partial charge in [-0.1, -0.05) is 12.1 Å². The second-order valence-electron chi connectivity index (χ2n) is 4.52. The van der Waals surface area contributed by atoms with Crippen molar-refractivity contribution in [2.45, 2.75) is 12.8 Å². The number of nitrogens with zero attached hydrogens (tertiary/aromatic N) is 1. The average Bonchev–Trinajstić information content (AvgIpc) is 2.47. The van der Waals surface area contributed by atoms with Crippen LogP contribution in [0.2, 0.25) is 0 Å². The summed E-state index contributed by atoms with van der Waals surface area (Å²) in [6.45, 7) is 1.88. The predicted molar refractivity (Wildman–Crippen MR) is 86.5 cm³/mol. The molecule has 1 aromatic rings. The van der Waals surface area contributed by atoms with Gasteiger partial charge in [0.1, 0.15) is 6.61 Å². The number of carbonyl (C=O) groups excluding carboxylic acids is 1. The van der Waals surface area contributed by atoms with E-state index in [-0.39, 0.29) is 18.3 Å². The molecule has 0 unspecified atom stereocenters. The van der Waals surface area contributed by atoms with Crippen LogP contribution in [0.5, 0.6) is 11.5 Å². The van der Waals surface area contributed by atoms with Crippen molar-refractivity contribution in [3.63, 3.8) is 0 Å². The maximum absolute atomic E-state index is 11.8. The second kappa shape index (κ2) is 11.2. The highest BCUT2D eigenvalue weighted by atomic mass is 35.5. The number of hydrogen-bond acceptors (Lipinski definition) is 4. The van der Waals surface area contributed by atoms with Gasteiger partial charge in [-0.05, 0) is 32.1 Å². The Labute approximate surface area is 133 Å². The normalized spacial score (nSPS) is 9.67. The maximum Gasteiger partial charge on any atom is 0.222 e. The number of rotatable bonds is 9. The summed E-state index contributed by atoms with van der Waals surface area (Å²) >= 11 is 0. The number of amides is 1. The van der Waals surface area contributed by atoms with Crippen molar-refractivity contribution in [1.82, 2.24) is 10.2 Å². The molecular weight excluding hydrogens is 292 g/mol. The summed E-state index contributed by atoms with van der Waals surface area (Å²) < 4.78 is 10.8. The summed E-state index contributed by atoms with van der Waals surface area (Å²) in [5, 5.41) is 3.03. The summed E-state index contributed by atoms with van der Waals surface area (Å²) in [6.07, 6.45) is 1.42. The van der Waals surface area contributed by atoms with Gasteiger partial charge in [0.05, 0.1) is 13.7 Å². The van der Waals surface area contributed by atoms with Gasteiger partial charge in [-0.25, -0.2) is 0 Å². The van der Waals surface area contributed by atoms with Gasteiger partial charge < -0.3 is 19.7 Å². The number of ether oxygens (including phenoxy) is 2. The minimum absolute atomic E-state index is 0. The van der Waals surface area contributed by atoms with Crippen LogP contribution in [0.3, 0.4) is 0 Å². The predicted octanol–water partition coefficient (Wildman–Crippen LogP) is 1.95. The number of halogens is 1. The Hall–Kier alpha value is -1.46. The minimum Gasteiger partial charge on any atom is -0.493 e. The first-order chi connectivity index (χ1) is 9.69. The monoisotopic (exact) mass is 316 g/mol. The van der Waals surface area contributed by atoms with E-state index in [1.54, 1.807) is 19.1 Å². The lowest BCUT2D eigenvalue weighted by atomic mass is 10.3. The molecule has 0 aliphatic heterocycles.